The van der Waals surface area contributed by atoms with Crippen LogP contribution in [0, 0.1) is 0 Å². The van der Waals surface area contributed by atoms with Gasteiger partial charge in [0.1, 0.15) is 17.5 Å². The Morgan fingerprint density at radius 2 is 1.76 bits per heavy atom. The van der Waals surface area contributed by atoms with E-state index in [0.29, 0.717) is 36.9 Å². The number of rotatable bonds is 13. The maximum absolute atomic E-state index is 13.3. The van der Waals surface area contributed by atoms with Gasteiger partial charge in [0.2, 0.25) is 5.91 Å². The van der Waals surface area contributed by atoms with Crippen LogP contribution in [0.15, 0.2) is 48.5 Å². The first kappa shape index (κ1) is 26.2. The smallest absolute Gasteiger partial charge is 0.261 e. The van der Waals surface area contributed by atoms with Gasteiger partial charge in [-0.2, -0.15) is 0 Å². The third-order valence-corrected chi connectivity index (χ3v) is 5.61. The van der Waals surface area contributed by atoms with Crippen molar-refractivity contribution in [1.82, 2.24) is 10.2 Å². The molecule has 0 saturated heterocycles. The molecule has 0 aliphatic carbocycles. The summed E-state index contributed by atoms with van der Waals surface area (Å²) in [5.41, 5.74) is 2.10. The maximum atomic E-state index is 13.3. The first-order chi connectivity index (χ1) is 15.9. The molecular formula is C27H38N2O4. The molecule has 0 saturated carbocycles. The molecule has 0 aliphatic heterocycles. The van der Waals surface area contributed by atoms with Gasteiger partial charge < -0.3 is 19.7 Å². The molecule has 0 aliphatic rings. The standard InChI is InChI=1S/C27H38N2O4/c1-6-8-16-28-27(31)25(7-2)29(18-21-10-9-11-24(17-21)32-5)26(30)19-33-23-14-12-22(13-15-23)20(3)4/h9-15,17,20,25H,6-8,16,18-19H2,1-5H3,(H,28,31). The number of hydrogen-bond acceptors (Lipinski definition) is 4. The molecule has 2 aromatic carbocycles. The fourth-order valence-corrected chi connectivity index (χ4v) is 3.57. The van der Waals surface area contributed by atoms with Crippen molar-refractivity contribution in [3.63, 3.8) is 0 Å². The van der Waals surface area contributed by atoms with Crippen molar-refractivity contribution in [2.24, 2.45) is 0 Å². The minimum atomic E-state index is -0.576. The molecule has 0 spiro atoms. The molecule has 2 rings (SSSR count). The van der Waals surface area contributed by atoms with Crippen LogP contribution in [0.1, 0.15) is 64.0 Å². The van der Waals surface area contributed by atoms with Crippen molar-refractivity contribution in [2.75, 3.05) is 20.3 Å². The van der Waals surface area contributed by atoms with E-state index in [9.17, 15) is 9.59 Å². The van der Waals surface area contributed by atoms with Crippen LogP contribution in [0.2, 0.25) is 0 Å². The van der Waals surface area contributed by atoms with Crippen LogP contribution in [0.25, 0.3) is 0 Å². The molecule has 0 fully saturated rings. The second-order valence-electron chi connectivity index (χ2n) is 8.45. The lowest BCUT2D eigenvalue weighted by Gasteiger charge is -2.30. The van der Waals surface area contributed by atoms with Gasteiger partial charge >= 0.3 is 0 Å². The van der Waals surface area contributed by atoms with Crippen molar-refractivity contribution in [3.05, 3.63) is 59.7 Å². The van der Waals surface area contributed by atoms with E-state index in [1.165, 1.54) is 5.56 Å². The van der Waals surface area contributed by atoms with Crippen molar-refractivity contribution < 1.29 is 19.1 Å². The third kappa shape index (κ3) is 8.12. The molecule has 1 N–H and O–H groups in total. The van der Waals surface area contributed by atoms with Crippen LogP contribution in [0.3, 0.4) is 0 Å². The summed E-state index contributed by atoms with van der Waals surface area (Å²) in [4.78, 5) is 27.8. The SMILES string of the molecule is CCCCNC(=O)C(CC)N(Cc1cccc(OC)c1)C(=O)COc1ccc(C(C)C)cc1. The number of methoxy groups -OCH3 is 1. The number of nitrogens with one attached hydrogen (secondary N) is 1. The monoisotopic (exact) mass is 454 g/mol. The van der Waals surface area contributed by atoms with Gasteiger partial charge in [-0.15, -0.1) is 0 Å². The van der Waals surface area contributed by atoms with Gasteiger partial charge in [-0.3, -0.25) is 9.59 Å². The Bertz CT molecular complexity index is 880. The van der Waals surface area contributed by atoms with E-state index < -0.39 is 6.04 Å². The predicted molar refractivity (Wildman–Crippen MR) is 132 cm³/mol. The molecule has 0 aromatic heterocycles. The first-order valence-corrected chi connectivity index (χ1v) is 11.8. The summed E-state index contributed by atoms with van der Waals surface area (Å²) in [6, 6.07) is 14.7. The first-order valence-electron chi connectivity index (χ1n) is 11.8. The van der Waals surface area contributed by atoms with Gasteiger partial charge in [0.25, 0.3) is 5.91 Å². The summed E-state index contributed by atoms with van der Waals surface area (Å²) in [5, 5.41) is 2.97. The molecule has 2 amide bonds. The Morgan fingerprint density at radius 3 is 2.36 bits per heavy atom. The lowest BCUT2D eigenvalue weighted by molar-refractivity contribution is -0.143. The molecule has 33 heavy (non-hydrogen) atoms. The average molecular weight is 455 g/mol. The van der Waals surface area contributed by atoms with Crippen LogP contribution < -0.4 is 14.8 Å². The molecule has 0 bridgehead atoms. The number of hydrogen-bond donors (Lipinski definition) is 1. The minimum Gasteiger partial charge on any atom is -0.497 e. The van der Waals surface area contributed by atoms with E-state index in [1.54, 1.807) is 12.0 Å². The average Bonchev–Trinajstić information content (AvgIpc) is 2.83. The highest BCUT2D eigenvalue weighted by Crippen LogP contribution is 2.20. The predicted octanol–water partition coefficient (Wildman–Crippen LogP) is 4.92. The second-order valence-corrected chi connectivity index (χ2v) is 8.45. The molecule has 6 heteroatoms. The molecule has 180 valence electrons. The van der Waals surface area contributed by atoms with E-state index in [0.717, 1.165) is 18.4 Å². The molecule has 1 unspecified atom stereocenters. The number of benzene rings is 2. The number of carbonyl (C=O) groups excluding carboxylic acids is 2. The summed E-state index contributed by atoms with van der Waals surface area (Å²) >= 11 is 0. The summed E-state index contributed by atoms with van der Waals surface area (Å²) in [7, 11) is 1.61. The summed E-state index contributed by atoms with van der Waals surface area (Å²) in [6.07, 6.45) is 2.41. The van der Waals surface area contributed by atoms with E-state index in [-0.39, 0.29) is 18.4 Å². The highest BCUT2D eigenvalue weighted by atomic mass is 16.5. The van der Waals surface area contributed by atoms with E-state index in [1.807, 2.05) is 55.5 Å². The quantitative estimate of drug-likeness (QED) is 0.436. The van der Waals surface area contributed by atoms with Gasteiger partial charge in [0.05, 0.1) is 7.11 Å². The van der Waals surface area contributed by atoms with Crippen molar-refractivity contribution >= 4 is 11.8 Å². The topological polar surface area (TPSA) is 67.9 Å². The van der Waals surface area contributed by atoms with Gasteiger partial charge in [0.15, 0.2) is 6.61 Å². The zero-order chi connectivity index (χ0) is 24.2. The Balaban J connectivity index is 2.18. The zero-order valence-corrected chi connectivity index (χ0v) is 20.6. The number of carbonyl (C=O) groups is 2. The van der Waals surface area contributed by atoms with Crippen molar-refractivity contribution in [2.45, 2.75) is 65.5 Å². The minimum absolute atomic E-state index is 0.135. The van der Waals surface area contributed by atoms with Crippen LogP contribution in [0.5, 0.6) is 11.5 Å². The van der Waals surface area contributed by atoms with Gasteiger partial charge in [-0.1, -0.05) is 58.4 Å². The summed E-state index contributed by atoms with van der Waals surface area (Å²) < 4.78 is 11.1. The fraction of sp³-hybridized carbons (Fsp3) is 0.481. The van der Waals surface area contributed by atoms with Gasteiger partial charge in [-0.25, -0.2) is 0 Å². The lowest BCUT2D eigenvalue weighted by atomic mass is 10.0. The lowest BCUT2D eigenvalue weighted by Crippen LogP contribution is -2.50. The van der Waals surface area contributed by atoms with Gasteiger partial charge in [-0.05, 0) is 54.2 Å². The molecule has 0 heterocycles. The van der Waals surface area contributed by atoms with Crippen LogP contribution >= 0.6 is 0 Å². The Labute approximate surface area is 198 Å². The van der Waals surface area contributed by atoms with E-state index in [4.69, 9.17) is 9.47 Å². The van der Waals surface area contributed by atoms with Crippen LogP contribution in [0.4, 0.5) is 0 Å². The third-order valence-electron chi connectivity index (χ3n) is 5.61. The largest absolute Gasteiger partial charge is 0.497 e. The summed E-state index contributed by atoms with van der Waals surface area (Å²) in [6.45, 7) is 9.02. The second kappa shape index (κ2) is 13.5. The highest BCUT2D eigenvalue weighted by Gasteiger charge is 2.29. The van der Waals surface area contributed by atoms with E-state index in [2.05, 4.69) is 26.1 Å². The Hall–Kier alpha value is -3.02. The Morgan fingerprint density at radius 1 is 1.03 bits per heavy atom. The molecular weight excluding hydrogens is 416 g/mol. The number of amides is 2. The van der Waals surface area contributed by atoms with Crippen molar-refractivity contribution in [1.29, 1.82) is 0 Å². The van der Waals surface area contributed by atoms with Crippen LogP contribution in [-0.2, 0) is 16.1 Å². The number of nitrogens with zero attached hydrogens (tertiary/aromatic N) is 1. The zero-order valence-electron chi connectivity index (χ0n) is 20.6. The Kier molecular flexibility index (Phi) is 10.7. The van der Waals surface area contributed by atoms with E-state index >= 15 is 0 Å². The molecule has 2 aromatic rings. The molecule has 6 nitrogen and oxygen atoms in total. The number of ether oxygens (including phenoxy) is 2. The summed E-state index contributed by atoms with van der Waals surface area (Å²) in [5.74, 6) is 1.40. The van der Waals surface area contributed by atoms with Gasteiger partial charge in [0, 0.05) is 13.1 Å². The fourth-order valence-electron chi connectivity index (χ4n) is 3.57. The van der Waals surface area contributed by atoms with Crippen LogP contribution in [-0.4, -0.2) is 43.0 Å². The highest BCUT2D eigenvalue weighted by molar-refractivity contribution is 5.88. The van der Waals surface area contributed by atoms with Crippen molar-refractivity contribution in [3.8, 4) is 11.5 Å². The molecule has 1 atom stereocenters. The number of unbranched alkanes of at least 4 members (excludes halogenated alkanes) is 1. The molecule has 0 radical (unpaired) electrons. The normalized spacial score (nSPS) is 11.7. The maximum Gasteiger partial charge on any atom is 0.261 e.